The van der Waals surface area contributed by atoms with Crippen LogP contribution in [-0.2, 0) is 14.4 Å². The fourth-order valence-corrected chi connectivity index (χ4v) is 11.3. The molecular formula is C35H58N2O3. The Morgan fingerprint density at radius 2 is 1.57 bits per heavy atom. The van der Waals surface area contributed by atoms with Gasteiger partial charge in [-0.25, -0.2) is 5.06 Å². The summed E-state index contributed by atoms with van der Waals surface area (Å²) in [6.07, 6.45) is 11.3. The summed E-state index contributed by atoms with van der Waals surface area (Å²) in [7, 11) is 1.61. The summed E-state index contributed by atoms with van der Waals surface area (Å²) >= 11 is 0. The Bertz CT molecular complexity index is 1120. The van der Waals surface area contributed by atoms with Crippen molar-refractivity contribution in [2.45, 2.75) is 139 Å². The Morgan fingerprint density at radius 3 is 2.17 bits per heavy atom. The second-order valence-corrected chi connectivity index (χ2v) is 17.7. The van der Waals surface area contributed by atoms with Crippen LogP contribution in [0.1, 0.15) is 127 Å². The Balaban J connectivity index is 1.57. The molecule has 0 spiro atoms. The molecule has 0 saturated heterocycles. The SMILES string of the molecule is CON(C(=O)[C@@]1(C)CC[C@]2(C)CC[C@]3(C)C(=CC(=O)[C@@H]4[C@@]5(C)CC[C@H](N)C(C)(C)C5CC[C@]43C)[C@@H]2C1)C(C)(C)C. The van der Waals surface area contributed by atoms with Crippen LogP contribution in [0.5, 0.6) is 0 Å². The first-order chi connectivity index (χ1) is 18.2. The summed E-state index contributed by atoms with van der Waals surface area (Å²) in [6.45, 7) is 22.8. The summed E-state index contributed by atoms with van der Waals surface area (Å²) in [5.41, 5.74) is 7.14. The molecule has 0 aliphatic heterocycles. The monoisotopic (exact) mass is 554 g/mol. The molecule has 0 heterocycles. The minimum absolute atomic E-state index is 0.0298. The summed E-state index contributed by atoms with van der Waals surface area (Å²) < 4.78 is 0. The molecule has 9 atom stereocenters. The fraction of sp³-hybridized carbons (Fsp3) is 0.886. The Morgan fingerprint density at radius 1 is 0.950 bits per heavy atom. The fourth-order valence-electron chi connectivity index (χ4n) is 11.3. The normalized spacial score (nSPS) is 48.2. The minimum atomic E-state index is -0.513. The Kier molecular flexibility index (Phi) is 6.74. The predicted molar refractivity (Wildman–Crippen MR) is 161 cm³/mol. The van der Waals surface area contributed by atoms with Crippen molar-refractivity contribution in [3.8, 4) is 0 Å². The van der Waals surface area contributed by atoms with Crippen molar-refractivity contribution in [2.24, 2.45) is 56.0 Å². The number of hydroxylamine groups is 2. The number of fused-ring (bicyclic) bond motifs is 7. The van der Waals surface area contributed by atoms with Gasteiger partial charge in [-0.05, 0) is 124 Å². The molecule has 0 bridgehead atoms. The Labute approximate surface area is 244 Å². The summed E-state index contributed by atoms with van der Waals surface area (Å²) in [5, 5.41) is 1.59. The smallest absolute Gasteiger partial charge is 0.252 e. The highest BCUT2D eigenvalue weighted by Gasteiger charge is 2.70. The van der Waals surface area contributed by atoms with Gasteiger partial charge in [0.1, 0.15) is 0 Å². The zero-order valence-electron chi connectivity index (χ0n) is 27.5. The molecule has 4 saturated carbocycles. The topological polar surface area (TPSA) is 72.6 Å². The van der Waals surface area contributed by atoms with Gasteiger partial charge in [-0.2, -0.15) is 0 Å². The van der Waals surface area contributed by atoms with Gasteiger partial charge in [-0.15, -0.1) is 0 Å². The predicted octanol–water partition coefficient (Wildman–Crippen LogP) is 7.48. The molecule has 1 unspecified atom stereocenters. The van der Waals surface area contributed by atoms with Crippen molar-refractivity contribution in [1.29, 1.82) is 0 Å². The van der Waals surface area contributed by atoms with E-state index in [-0.39, 0.29) is 50.9 Å². The molecule has 0 aromatic rings. The molecule has 2 N–H and O–H groups in total. The van der Waals surface area contributed by atoms with E-state index in [9.17, 15) is 9.59 Å². The molecule has 5 heteroatoms. The van der Waals surface area contributed by atoms with Crippen LogP contribution in [0.25, 0.3) is 0 Å². The van der Waals surface area contributed by atoms with Crippen LogP contribution in [0.2, 0.25) is 0 Å². The summed E-state index contributed by atoms with van der Waals surface area (Å²) in [6, 6.07) is 0.197. The maximum Gasteiger partial charge on any atom is 0.252 e. The quantitative estimate of drug-likeness (QED) is 0.359. The standard InChI is InChI=1S/C35H58N2O3/c1-29(2,3)37(40-11)28(39)32(7)17-16-31(6)18-19-34(9)22(23(31)21-32)20-24(38)27-33(8)14-13-26(36)30(4,5)25(33)12-15-35(27,34)10/h20,23,25-27H,12-19,21,36H2,1-11H3/t23-,25?,26-,27+,31+,32-,33-,34+,35+/m0/s1. The van der Waals surface area contributed by atoms with E-state index in [0.717, 1.165) is 57.8 Å². The first-order valence-electron chi connectivity index (χ1n) is 16.1. The number of carbonyl (C=O) groups excluding carboxylic acids is 2. The lowest BCUT2D eigenvalue weighted by molar-refractivity contribution is -0.216. The van der Waals surface area contributed by atoms with Gasteiger partial charge in [0, 0.05) is 17.4 Å². The molecule has 4 fully saturated rings. The number of carbonyl (C=O) groups is 2. The van der Waals surface area contributed by atoms with Gasteiger partial charge in [-0.3, -0.25) is 14.4 Å². The van der Waals surface area contributed by atoms with Crippen molar-refractivity contribution in [1.82, 2.24) is 5.06 Å². The van der Waals surface area contributed by atoms with Crippen LogP contribution >= 0.6 is 0 Å². The molecule has 0 aromatic carbocycles. The molecule has 5 nitrogen and oxygen atoms in total. The molecule has 0 radical (unpaired) electrons. The van der Waals surface area contributed by atoms with Gasteiger partial charge in [0.2, 0.25) is 0 Å². The van der Waals surface area contributed by atoms with Gasteiger partial charge in [-0.1, -0.05) is 54.0 Å². The molecular weight excluding hydrogens is 496 g/mol. The number of nitrogens with zero attached hydrogens (tertiary/aromatic N) is 1. The highest BCUT2D eigenvalue weighted by Crippen LogP contribution is 2.75. The van der Waals surface area contributed by atoms with Crippen molar-refractivity contribution in [2.75, 3.05) is 7.11 Å². The largest absolute Gasteiger partial charge is 0.327 e. The van der Waals surface area contributed by atoms with Gasteiger partial charge in [0.25, 0.3) is 5.91 Å². The maximum absolute atomic E-state index is 14.5. The number of rotatable bonds is 2. The lowest BCUT2D eigenvalue weighted by atomic mass is 9.33. The molecule has 5 rings (SSSR count). The number of allylic oxidation sites excluding steroid dienone is 2. The van der Waals surface area contributed by atoms with Crippen LogP contribution in [-0.4, -0.2) is 35.4 Å². The van der Waals surface area contributed by atoms with E-state index in [2.05, 4.69) is 54.5 Å². The molecule has 5 aliphatic carbocycles. The number of hydrogen-bond donors (Lipinski definition) is 1. The van der Waals surface area contributed by atoms with Crippen molar-refractivity contribution >= 4 is 11.7 Å². The highest BCUT2D eigenvalue weighted by molar-refractivity contribution is 5.95. The maximum atomic E-state index is 14.5. The third-order valence-electron chi connectivity index (χ3n) is 14.2. The number of ketones is 1. The van der Waals surface area contributed by atoms with Crippen LogP contribution in [0.15, 0.2) is 11.6 Å². The molecule has 5 aliphatic rings. The van der Waals surface area contributed by atoms with Gasteiger partial charge < -0.3 is 5.73 Å². The summed E-state index contributed by atoms with van der Waals surface area (Å²) in [5.74, 6) is 1.16. The lowest BCUT2D eigenvalue weighted by Crippen LogP contribution is -2.67. The summed E-state index contributed by atoms with van der Waals surface area (Å²) in [4.78, 5) is 34.3. The van der Waals surface area contributed by atoms with E-state index >= 15 is 0 Å². The highest BCUT2D eigenvalue weighted by atomic mass is 16.7. The average molecular weight is 555 g/mol. The zero-order chi connectivity index (χ0) is 29.9. The van der Waals surface area contributed by atoms with Crippen LogP contribution in [0.4, 0.5) is 0 Å². The zero-order valence-corrected chi connectivity index (χ0v) is 27.5. The van der Waals surface area contributed by atoms with Gasteiger partial charge in [0.05, 0.1) is 12.6 Å². The van der Waals surface area contributed by atoms with E-state index < -0.39 is 11.0 Å². The Hall–Kier alpha value is -1.20. The van der Waals surface area contributed by atoms with Crippen molar-refractivity contribution in [3.63, 3.8) is 0 Å². The third kappa shape index (κ3) is 3.84. The lowest BCUT2D eigenvalue weighted by Gasteiger charge is -2.70. The van der Waals surface area contributed by atoms with Crippen LogP contribution in [0, 0.1) is 50.2 Å². The van der Waals surface area contributed by atoms with E-state index in [1.54, 1.807) is 12.2 Å². The second-order valence-electron chi connectivity index (χ2n) is 17.7. The van der Waals surface area contributed by atoms with Crippen LogP contribution < -0.4 is 5.73 Å². The van der Waals surface area contributed by atoms with Crippen molar-refractivity contribution < 1.29 is 14.4 Å². The number of hydrogen-bond acceptors (Lipinski definition) is 4. The minimum Gasteiger partial charge on any atom is -0.327 e. The van der Waals surface area contributed by atoms with Crippen LogP contribution in [0.3, 0.4) is 0 Å². The first-order valence-corrected chi connectivity index (χ1v) is 16.1. The van der Waals surface area contributed by atoms with E-state index in [1.807, 2.05) is 20.8 Å². The van der Waals surface area contributed by atoms with E-state index in [4.69, 9.17) is 10.6 Å². The molecule has 1 amide bonds. The average Bonchev–Trinajstić information content (AvgIpc) is 2.83. The second kappa shape index (κ2) is 8.91. The number of nitrogens with two attached hydrogens (primary N) is 1. The molecule has 0 aromatic heterocycles. The van der Waals surface area contributed by atoms with Gasteiger partial charge >= 0.3 is 0 Å². The molecule has 40 heavy (non-hydrogen) atoms. The number of amides is 1. The van der Waals surface area contributed by atoms with Crippen molar-refractivity contribution in [3.05, 3.63) is 11.6 Å². The van der Waals surface area contributed by atoms with E-state index in [0.29, 0.717) is 11.7 Å². The van der Waals surface area contributed by atoms with Gasteiger partial charge in [0.15, 0.2) is 5.78 Å². The molecule has 226 valence electrons. The van der Waals surface area contributed by atoms with E-state index in [1.165, 1.54) is 5.57 Å². The first kappa shape index (κ1) is 30.3. The third-order valence-corrected chi connectivity index (χ3v) is 14.2.